The van der Waals surface area contributed by atoms with Gasteiger partial charge in [-0.05, 0) is 36.3 Å². The number of thioether (sulfide) groups is 1. The van der Waals surface area contributed by atoms with Crippen LogP contribution in [-0.2, 0) is 0 Å². The van der Waals surface area contributed by atoms with Crippen LogP contribution >= 0.6 is 11.8 Å². The van der Waals surface area contributed by atoms with E-state index in [-0.39, 0.29) is 0 Å². The van der Waals surface area contributed by atoms with E-state index in [4.69, 9.17) is 0 Å². The maximum atomic E-state index is 2.53. The molecule has 3 atom stereocenters. The number of benzene rings is 1. The fourth-order valence-corrected chi connectivity index (χ4v) is 5.35. The van der Waals surface area contributed by atoms with Crippen LogP contribution in [0, 0.1) is 5.92 Å². The Morgan fingerprint density at radius 3 is 2.93 bits per heavy atom. The van der Waals surface area contributed by atoms with Gasteiger partial charge in [0.05, 0.1) is 5.25 Å². The Bertz CT molecular complexity index is 446. The minimum Gasteiger partial charge on any atom is -0.140 e. The molecule has 0 spiro atoms. The lowest BCUT2D eigenvalue weighted by atomic mass is 9.75. The van der Waals surface area contributed by atoms with Gasteiger partial charge in [-0.25, -0.2) is 0 Å². The molecule has 1 aliphatic carbocycles. The third-order valence-corrected chi connectivity index (χ3v) is 5.74. The van der Waals surface area contributed by atoms with Crippen molar-refractivity contribution in [2.24, 2.45) is 5.92 Å². The molecule has 1 saturated heterocycles. The average Bonchev–Trinajstić information content (AvgIpc) is 2.86. The van der Waals surface area contributed by atoms with Crippen molar-refractivity contribution < 1.29 is 0 Å². The molecular weight excluding hydrogens is 200 g/mol. The van der Waals surface area contributed by atoms with Gasteiger partial charge in [0.1, 0.15) is 0 Å². The average molecular weight is 214 g/mol. The van der Waals surface area contributed by atoms with Gasteiger partial charge < -0.3 is 0 Å². The van der Waals surface area contributed by atoms with E-state index in [0.29, 0.717) is 0 Å². The number of fused-ring (bicyclic) bond motifs is 8. The Hall–Kier alpha value is -0.690. The molecule has 15 heavy (non-hydrogen) atoms. The van der Waals surface area contributed by atoms with Gasteiger partial charge in [-0.15, -0.1) is 11.8 Å². The first-order valence-corrected chi connectivity index (χ1v) is 6.83. The van der Waals surface area contributed by atoms with Crippen molar-refractivity contribution in [1.82, 2.24) is 0 Å². The zero-order valence-corrected chi connectivity index (χ0v) is 9.46. The summed E-state index contributed by atoms with van der Waals surface area (Å²) in [5.74, 6) is 0.878. The molecule has 2 aliphatic heterocycles. The van der Waals surface area contributed by atoms with Crippen LogP contribution < -0.4 is 0 Å². The molecule has 1 aromatic rings. The van der Waals surface area contributed by atoms with Gasteiger partial charge in [-0.3, -0.25) is 0 Å². The molecule has 2 heterocycles. The Kier molecular flexibility index (Phi) is 1.64. The quantitative estimate of drug-likeness (QED) is 0.582. The molecule has 0 aromatic heterocycles. The summed E-state index contributed by atoms with van der Waals surface area (Å²) in [6, 6.07) is 9.07. The smallest absolute Gasteiger partial charge is 0.0519 e. The van der Waals surface area contributed by atoms with Gasteiger partial charge in [-0.2, -0.15) is 0 Å². The first-order valence-electron chi connectivity index (χ1n) is 5.89. The van der Waals surface area contributed by atoms with E-state index in [9.17, 15) is 0 Å². The van der Waals surface area contributed by atoms with E-state index in [0.717, 1.165) is 16.4 Å². The lowest BCUT2D eigenvalue weighted by molar-refractivity contribution is 0.494. The molecule has 76 valence electrons. The van der Waals surface area contributed by atoms with Crippen LogP contribution in [0.4, 0.5) is 0 Å². The van der Waals surface area contributed by atoms with Crippen molar-refractivity contribution >= 4 is 11.8 Å². The first kappa shape index (κ1) is 8.46. The third-order valence-electron chi connectivity index (χ3n) is 4.06. The highest BCUT2D eigenvalue weighted by Crippen LogP contribution is 2.67. The Morgan fingerprint density at radius 2 is 2.00 bits per heavy atom. The largest absolute Gasteiger partial charge is 0.140 e. The number of allylic oxidation sites excluding steroid dienone is 1. The van der Waals surface area contributed by atoms with E-state index in [2.05, 4.69) is 42.1 Å². The van der Waals surface area contributed by atoms with Crippen LogP contribution in [0.1, 0.15) is 40.9 Å². The summed E-state index contributed by atoms with van der Waals surface area (Å²) in [5, 5.41) is 1.51. The van der Waals surface area contributed by atoms with Crippen molar-refractivity contribution in [1.29, 1.82) is 0 Å². The highest BCUT2D eigenvalue weighted by Gasteiger charge is 2.47. The molecule has 0 unspecified atom stereocenters. The van der Waals surface area contributed by atoms with Crippen molar-refractivity contribution in [3.05, 3.63) is 47.0 Å². The Morgan fingerprint density at radius 1 is 1.13 bits per heavy atom. The zero-order valence-electron chi connectivity index (χ0n) is 8.65. The lowest BCUT2D eigenvalue weighted by Crippen LogP contribution is -2.15. The number of rotatable bonds is 0. The molecule has 0 N–H and O–H groups in total. The Balaban J connectivity index is 1.91. The zero-order chi connectivity index (χ0) is 9.83. The second-order valence-corrected chi connectivity index (χ2v) is 6.06. The van der Waals surface area contributed by atoms with Crippen LogP contribution in [0.25, 0.3) is 0 Å². The Labute approximate surface area is 94.8 Å². The molecule has 0 nitrogen and oxygen atoms in total. The summed E-state index contributed by atoms with van der Waals surface area (Å²) in [7, 11) is 0. The number of hydrogen-bond acceptors (Lipinski definition) is 1. The van der Waals surface area contributed by atoms with Gasteiger partial charge >= 0.3 is 0 Å². The predicted octanol–water partition coefficient (Wildman–Crippen LogP) is 4.26. The molecule has 0 saturated carbocycles. The standard InChI is InChI=1S/C14H14S/c1-2-6-10-9(5-1)13-11-7-3-4-8-12(11)14(10)15-13/h1-2,5-7,12-14H,3-4,8H2/t12-,13-,14+/m0/s1. The molecule has 0 amide bonds. The molecule has 0 radical (unpaired) electrons. The van der Waals surface area contributed by atoms with Crippen LogP contribution in [0.5, 0.6) is 0 Å². The van der Waals surface area contributed by atoms with Crippen molar-refractivity contribution in [3.8, 4) is 0 Å². The van der Waals surface area contributed by atoms with E-state index < -0.39 is 0 Å². The van der Waals surface area contributed by atoms with E-state index in [1.807, 2.05) is 0 Å². The monoisotopic (exact) mass is 214 g/mol. The van der Waals surface area contributed by atoms with Crippen molar-refractivity contribution in [2.75, 3.05) is 0 Å². The molecule has 4 rings (SSSR count). The van der Waals surface area contributed by atoms with Gasteiger partial charge in [0, 0.05) is 5.25 Å². The van der Waals surface area contributed by atoms with Crippen LogP contribution in [0.3, 0.4) is 0 Å². The molecule has 3 aliphatic rings. The van der Waals surface area contributed by atoms with E-state index >= 15 is 0 Å². The van der Waals surface area contributed by atoms with Crippen LogP contribution in [-0.4, -0.2) is 0 Å². The second kappa shape index (κ2) is 2.91. The molecular formula is C14H14S. The fraction of sp³-hybridized carbons (Fsp3) is 0.429. The van der Waals surface area contributed by atoms with Gasteiger partial charge in [0.2, 0.25) is 0 Å². The summed E-state index contributed by atoms with van der Waals surface area (Å²) in [6.07, 6.45) is 6.67. The normalized spacial score (nSPS) is 36.0. The van der Waals surface area contributed by atoms with E-state index in [1.165, 1.54) is 19.3 Å². The van der Waals surface area contributed by atoms with E-state index in [1.54, 1.807) is 16.7 Å². The van der Waals surface area contributed by atoms with Crippen LogP contribution in [0.15, 0.2) is 35.9 Å². The molecule has 1 fully saturated rings. The third kappa shape index (κ3) is 0.998. The highest BCUT2D eigenvalue weighted by atomic mass is 32.2. The summed E-state index contributed by atoms with van der Waals surface area (Å²) in [5.41, 5.74) is 5.00. The SMILES string of the molecule is C1=C2[C@H]3S[C@H](c4ccccc43)[C@H]2CCC1. The van der Waals surface area contributed by atoms with Gasteiger partial charge in [0.15, 0.2) is 0 Å². The maximum absolute atomic E-state index is 2.53. The molecule has 2 bridgehead atoms. The first-order chi connectivity index (χ1) is 7.45. The van der Waals surface area contributed by atoms with Crippen LogP contribution in [0.2, 0.25) is 0 Å². The second-order valence-electron chi connectivity index (χ2n) is 4.81. The maximum Gasteiger partial charge on any atom is 0.0519 e. The topological polar surface area (TPSA) is 0 Å². The predicted molar refractivity (Wildman–Crippen MR) is 64.9 cm³/mol. The number of hydrogen-bond donors (Lipinski definition) is 0. The fourth-order valence-electron chi connectivity index (χ4n) is 3.42. The van der Waals surface area contributed by atoms with Gasteiger partial charge in [0.25, 0.3) is 0 Å². The highest BCUT2D eigenvalue weighted by molar-refractivity contribution is 8.00. The molecule has 1 aromatic carbocycles. The summed E-state index contributed by atoms with van der Waals surface area (Å²) in [6.45, 7) is 0. The van der Waals surface area contributed by atoms with Crippen molar-refractivity contribution in [2.45, 2.75) is 29.8 Å². The molecule has 1 heteroatoms. The minimum atomic E-state index is 0.719. The minimum absolute atomic E-state index is 0.719. The summed E-state index contributed by atoms with van der Waals surface area (Å²) in [4.78, 5) is 0. The van der Waals surface area contributed by atoms with Crippen molar-refractivity contribution in [3.63, 3.8) is 0 Å². The summed E-state index contributed by atoms with van der Waals surface area (Å²) < 4.78 is 0. The lowest BCUT2D eigenvalue weighted by Gasteiger charge is -2.28. The summed E-state index contributed by atoms with van der Waals surface area (Å²) >= 11 is 2.20. The van der Waals surface area contributed by atoms with Gasteiger partial charge in [-0.1, -0.05) is 35.9 Å².